The van der Waals surface area contributed by atoms with Crippen molar-refractivity contribution in [2.75, 3.05) is 81.9 Å². The Balaban J connectivity index is 1.24. The van der Waals surface area contributed by atoms with Gasteiger partial charge < -0.3 is 64.9 Å². The van der Waals surface area contributed by atoms with E-state index in [4.69, 9.17) is 59.1 Å². The molecule has 9 rings (SSSR count). The van der Waals surface area contributed by atoms with Crippen LogP contribution < -0.4 is 64.9 Å². The highest BCUT2D eigenvalue weighted by molar-refractivity contribution is 5.47. The smallest absolute Gasteiger partial charge is 0.323 e. The van der Waals surface area contributed by atoms with Gasteiger partial charge in [0.15, 0.2) is 0 Å². The molecule has 22 nitrogen and oxygen atoms in total. The number of hydrogen-bond acceptors (Lipinski definition) is 22. The molecular formula is C93H171N19O3. The summed E-state index contributed by atoms with van der Waals surface area (Å²) < 4.78 is 22.4. The fraction of sp³-hybridized carbons (Fsp3) is 0.903. The van der Waals surface area contributed by atoms with Crippen LogP contribution in [0.3, 0.4) is 0 Å². The first-order chi connectivity index (χ1) is 53.4. The van der Waals surface area contributed by atoms with E-state index in [0.29, 0.717) is 48.1 Å². The lowest BCUT2D eigenvalue weighted by Gasteiger charge is -2.50. The molecule has 4 N–H and O–H groups in total. The van der Waals surface area contributed by atoms with Crippen LogP contribution in [0.1, 0.15) is 381 Å². The lowest BCUT2D eigenvalue weighted by atomic mass is 9.63. The molecule has 0 aromatic carbocycles. The summed E-state index contributed by atoms with van der Waals surface area (Å²) in [6.07, 6.45) is 25.8. The monoisotopic (exact) mass is 1600 g/mol. The van der Waals surface area contributed by atoms with Crippen LogP contribution in [0.25, 0.3) is 0 Å². The van der Waals surface area contributed by atoms with E-state index in [-0.39, 0.29) is 127 Å². The molecule has 4 aliphatic heterocycles. The van der Waals surface area contributed by atoms with E-state index in [2.05, 4.69) is 258 Å². The number of unbranched alkanes of at least 4 members (excludes halogenated alkanes) is 6. The molecule has 3 aromatic heterocycles. The lowest BCUT2D eigenvalue weighted by Crippen LogP contribution is -2.63. The summed E-state index contributed by atoms with van der Waals surface area (Å²) in [6.45, 7) is 76.0. The molecule has 6 fully saturated rings. The molecule has 7 heterocycles. The molecular weight excluding hydrogens is 1430 g/mol. The minimum atomic E-state index is -0.703. The molecule has 4 saturated heterocycles. The lowest BCUT2D eigenvalue weighted by molar-refractivity contribution is 0.0880. The average molecular weight is 1600 g/mol. The predicted octanol–water partition coefficient (Wildman–Crippen LogP) is 19.6. The minimum absolute atomic E-state index is 0.0499. The first-order valence-electron chi connectivity index (χ1n) is 46.4. The minimum Gasteiger partial charge on any atom is -0.463 e. The number of piperidine rings is 4. The normalized spacial score (nSPS) is 23.2. The van der Waals surface area contributed by atoms with Gasteiger partial charge in [-0.25, -0.2) is 0 Å². The van der Waals surface area contributed by atoms with Gasteiger partial charge in [-0.3, -0.25) is 0 Å². The molecule has 0 spiro atoms. The van der Waals surface area contributed by atoms with Gasteiger partial charge in [0.05, 0.1) is 6.61 Å². The Morgan fingerprint density at radius 3 is 0.696 bits per heavy atom. The van der Waals surface area contributed by atoms with Crippen LogP contribution in [0.15, 0.2) is 0 Å². The van der Waals surface area contributed by atoms with Gasteiger partial charge >= 0.3 is 18.0 Å². The first-order valence-corrected chi connectivity index (χ1v) is 46.4. The number of aromatic nitrogens is 9. The zero-order chi connectivity index (χ0) is 84.8. The zero-order valence-corrected chi connectivity index (χ0v) is 79.2. The van der Waals surface area contributed by atoms with E-state index in [1.54, 1.807) is 0 Å². The first kappa shape index (κ1) is 93.9. The molecule has 6 aliphatic rings. The van der Waals surface area contributed by atoms with Crippen molar-refractivity contribution in [2.45, 2.75) is 468 Å². The predicted molar refractivity (Wildman–Crippen MR) is 481 cm³/mol. The highest BCUT2D eigenvalue weighted by atomic mass is 16.6. The summed E-state index contributed by atoms with van der Waals surface area (Å²) in [6, 6.07) is 1.90. The maximum Gasteiger partial charge on any atom is 0.323 e. The van der Waals surface area contributed by atoms with Crippen molar-refractivity contribution < 1.29 is 14.2 Å². The van der Waals surface area contributed by atoms with Gasteiger partial charge in [0.1, 0.15) is 12.7 Å². The van der Waals surface area contributed by atoms with E-state index in [1.165, 1.54) is 0 Å². The summed E-state index contributed by atoms with van der Waals surface area (Å²) in [5.74, 6) is 4.04. The van der Waals surface area contributed by atoms with E-state index >= 15 is 0 Å². The number of nitrogens with one attached hydrogen (secondary N) is 4. The van der Waals surface area contributed by atoms with Crippen LogP contribution >= 0.6 is 0 Å². The van der Waals surface area contributed by atoms with Crippen molar-refractivity contribution in [2.24, 2.45) is 21.7 Å². The van der Waals surface area contributed by atoms with Crippen molar-refractivity contribution >= 4 is 35.7 Å². The van der Waals surface area contributed by atoms with Gasteiger partial charge in [-0.1, -0.05) is 135 Å². The van der Waals surface area contributed by atoms with Crippen LogP contribution in [0.5, 0.6) is 18.0 Å². The summed E-state index contributed by atoms with van der Waals surface area (Å²) >= 11 is 0. The highest BCUT2D eigenvalue weighted by Gasteiger charge is 2.49. The highest BCUT2D eigenvalue weighted by Crippen LogP contribution is 2.51. The van der Waals surface area contributed by atoms with Crippen molar-refractivity contribution in [3.8, 4) is 18.0 Å². The largest absolute Gasteiger partial charge is 0.463 e. The zero-order valence-electron chi connectivity index (χ0n) is 79.2. The average Bonchev–Trinajstić information content (AvgIpc) is 0.773. The number of nitrogens with zero attached hydrogens (tertiary/aromatic N) is 15. The molecule has 656 valence electrons. The SMILES string of the molecule is CCCCN(c1nc(OCCC(COc2nc(N(CCCC)C3CC(C)(C)NC(C)(C)C3)nc(N(CCCC)C3CC(C)(C)NC(C)(C)C3)n2)Oc2nc(N(CCCC)C3CC(C)(C)CC(C)(C)C3)nc(N(CCCC)C3CC(C)(C)CC(C)(C)C3)n2)nc(N(CCCC)C2CC(C)(C)NC(C)(C)C2)n1)C1CC(C)(C)NC(C)(C)C1. The third kappa shape index (κ3) is 27.3. The molecule has 0 bridgehead atoms. The fourth-order valence-corrected chi connectivity index (χ4v) is 23.4. The standard InChI is InChI=1S/C93H171N19O3/c1-31-37-44-107(66-51-82(7,8)64-83(9,10)52-66)77-96-78(108(45-38-32-2)67-53-84(11,12)65-85(13,14)54-67)102-81(101-77)115-72(63-114-80-99-75(111(48-41-35-5)70-59-90(23,24)105-91(25,26)60-70)95-76(100-80)112(49-42-36-6)71-61-92(27,28)106-93(29,30)62-71)43-50-113-79-97-73(109(46-39-33-3)68-55-86(15,16)103-87(17,18)56-68)94-74(98-79)110(47-40-34-4)69-57-88(19,20)104-89(21,22)58-69/h66-72,103-106H,31-65H2,1-30H3. The van der Waals surface area contributed by atoms with Gasteiger partial charge in [-0.05, 0) is 261 Å². The summed E-state index contributed by atoms with van der Waals surface area (Å²) in [5, 5.41) is 16.0. The van der Waals surface area contributed by atoms with Crippen molar-refractivity contribution in [1.82, 2.24) is 66.1 Å². The molecule has 1 atom stereocenters. The van der Waals surface area contributed by atoms with E-state index in [9.17, 15) is 0 Å². The number of anilines is 6. The van der Waals surface area contributed by atoms with E-state index < -0.39 is 6.10 Å². The van der Waals surface area contributed by atoms with Crippen LogP contribution in [-0.2, 0) is 0 Å². The van der Waals surface area contributed by atoms with Gasteiger partial charge in [0.25, 0.3) is 0 Å². The van der Waals surface area contributed by atoms with Gasteiger partial charge in [0.2, 0.25) is 35.7 Å². The second-order valence-electron chi connectivity index (χ2n) is 45.6. The Bertz CT molecular complexity index is 3250. The Labute approximate surface area is 701 Å². The Morgan fingerprint density at radius 1 is 0.278 bits per heavy atom. The van der Waals surface area contributed by atoms with E-state index in [1.807, 2.05) is 0 Å². The van der Waals surface area contributed by atoms with Crippen LogP contribution in [0.2, 0.25) is 0 Å². The Kier molecular flexibility index (Phi) is 30.7. The van der Waals surface area contributed by atoms with Crippen molar-refractivity contribution in [3.63, 3.8) is 0 Å². The second kappa shape index (κ2) is 37.6. The summed E-state index contributed by atoms with van der Waals surface area (Å²) in [7, 11) is 0. The molecule has 0 radical (unpaired) electrons. The molecule has 2 saturated carbocycles. The van der Waals surface area contributed by atoms with Crippen molar-refractivity contribution in [3.05, 3.63) is 0 Å². The Morgan fingerprint density at radius 2 is 0.478 bits per heavy atom. The maximum absolute atomic E-state index is 7.69. The van der Waals surface area contributed by atoms with E-state index in [0.717, 1.165) is 206 Å². The fourth-order valence-electron chi connectivity index (χ4n) is 23.4. The molecule has 3 aromatic rings. The maximum atomic E-state index is 7.69. The molecule has 2 aliphatic carbocycles. The molecule has 115 heavy (non-hydrogen) atoms. The molecule has 0 amide bonds. The summed E-state index contributed by atoms with van der Waals surface area (Å²) in [4.78, 5) is 65.8. The third-order valence-electron chi connectivity index (χ3n) is 25.6. The van der Waals surface area contributed by atoms with Gasteiger partial charge in [-0.2, -0.15) is 44.9 Å². The quantitative estimate of drug-likeness (QED) is 0.0418. The third-order valence-corrected chi connectivity index (χ3v) is 25.6. The second-order valence-corrected chi connectivity index (χ2v) is 45.6. The molecule has 1 unspecified atom stereocenters. The number of hydrogen-bond donors (Lipinski definition) is 4. The number of rotatable bonds is 39. The van der Waals surface area contributed by atoms with Gasteiger partial charge in [-0.15, -0.1) is 0 Å². The molecule has 22 heteroatoms. The number of ether oxygens (including phenoxy) is 3. The van der Waals surface area contributed by atoms with Crippen LogP contribution in [0, 0.1) is 21.7 Å². The van der Waals surface area contributed by atoms with Crippen molar-refractivity contribution in [1.29, 1.82) is 0 Å². The summed E-state index contributed by atoms with van der Waals surface area (Å²) in [5.41, 5.74) is -0.533. The van der Waals surface area contributed by atoms with Crippen LogP contribution in [0.4, 0.5) is 35.7 Å². The Hall–Kier alpha value is -4.93. The van der Waals surface area contributed by atoms with Gasteiger partial charge in [0, 0.05) is 126 Å². The van der Waals surface area contributed by atoms with Crippen LogP contribution in [-0.4, -0.2) is 184 Å². The topological polar surface area (TPSA) is 211 Å².